The molecule has 2 bridgehead atoms. The highest BCUT2D eigenvalue weighted by atomic mass is 35.5. The number of hydrogen-bond donors (Lipinski definition) is 1. The first-order valence-electron chi connectivity index (χ1n) is 6.79. The molecule has 1 N–H and O–H groups in total. The second kappa shape index (κ2) is 4.84. The van der Waals surface area contributed by atoms with Crippen molar-refractivity contribution in [2.45, 2.75) is 37.3 Å². The molecule has 1 aromatic carbocycles. The van der Waals surface area contributed by atoms with Crippen molar-refractivity contribution in [3.8, 4) is 0 Å². The molecule has 0 aromatic heterocycles. The van der Waals surface area contributed by atoms with E-state index < -0.39 is 0 Å². The summed E-state index contributed by atoms with van der Waals surface area (Å²) in [6.45, 7) is 0.287. The minimum Gasteiger partial charge on any atom is -0.396 e. The fourth-order valence-electron chi connectivity index (χ4n) is 3.92. The van der Waals surface area contributed by atoms with Crippen molar-refractivity contribution in [1.82, 2.24) is 4.90 Å². The van der Waals surface area contributed by atoms with Gasteiger partial charge in [0.05, 0.1) is 0 Å². The number of aliphatic hydroxyl groups is 1. The lowest BCUT2D eigenvalue weighted by molar-refractivity contribution is 0.0592. The van der Waals surface area contributed by atoms with Crippen LogP contribution in [0.15, 0.2) is 24.3 Å². The molecule has 3 rings (SSSR count). The lowest BCUT2D eigenvalue weighted by atomic mass is 9.76. The molecule has 2 fully saturated rings. The van der Waals surface area contributed by atoms with Crippen LogP contribution in [-0.2, 0) is 0 Å². The molecule has 0 saturated carbocycles. The molecule has 98 valence electrons. The molecule has 2 aliphatic rings. The molecule has 3 heteroatoms. The molecule has 2 aliphatic heterocycles. The first kappa shape index (κ1) is 12.5. The van der Waals surface area contributed by atoms with Gasteiger partial charge in [0.2, 0.25) is 0 Å². The van der Waals surface area contributed by atoms with Crippen LogP contribution in [0.5, 0.6) is 0 Å². The Morgan fingerprint density at radius 2 is 2.00 bits per heavy atom. The van der Waals surface area contributed by atoms with Crippen molar-refractivity contribution in [1.29, 1.82) is 0 Å². The van der Waals surface area contributed by atoms with Crippen LogP contribution >= 0.6 is 11.6 Å². The summed E-state index contributed by atoms with van der Waals surface area (Å²) in [6.07, 6.45) is 3.68. The third-order valence-corrected chi connectivity index (χ3v) is 5.19. The van der Waals surface area contributed by atoms with Gasteiger partial charge in [-0.1, -0.05) is 23.7 Å². The zero-order chi connectivity index (χ0) is 12.7. The van der Waals surface area contributed by atoms with Gasteiger partial charge in [-0.3, -0.25) is 0 Å². The van der Waals surface area contributed by atoms with E-state index in [9.17, 15) is 5.11 Å². The maximum absolute atomic E-state index is 9.76. The molecule has 18 heavy (non-hydrogen) atoms. The summed E-state index contributed by atoms with van der Waals surface area (Å²) in [5.41, 5.74) is 1.34. The Kier molecular flexibility index (Phi) is 3.35. The standard InChI is InChI=1S/C15H20ClNO/c1-17-12-6-7-15(17)14(9-18)13(8-12)10-2-4-11(16)5-3-10/h2-5,12-15,18H,6-9H2,1H3/t12?,13-,14-,15?/m1/s1. The number of benzene rings is 1. The minimum absolute atomic E-state index is 0.287. The molecule has 2 saturated heterocycles. The van der Waals surface area contributed by atoms with Gasteiger partial charge in [0.15, 0.2) is 0 Å². The maximum Gasteiger partial charge on any atom is 0.0480 e. The van der Waals surface area contributed by atoms with Crippen molar-refractivity contribution in [2.24, 2.45) is 5.92 Å². The normalized spacial score (nSPS) is 35.9. The van der Waals surface area contributed by atoms with Crippen molar-refractivity contribution in [3.05, 3.63) is 34.9 Å². The van der Waals surface area contributed by atoms with Crippen LogP contribution in [0, 0.1) is 5.92 Å². The number of rotatable bonds is 2. The van der Waals surface area contributed by atoms with Gasteiger partial charge in [0.1, 0.15) is 0 Å². The molecule has 0 amide bonds. The largest absolute Gasteiger partial charge is 0.396 e. The second-order valence-corrected chi connectivity index (χ2v) is 6.14. The first-order chi connectivity index (χ1) is 8.70. The Morgan fingerprint density at radius 1 is 1.28 bits per heavy atom. The highest BCUT2D eigenvalue weighted by Gasteiger charge is 2.45. The molecule has 0 spiro atoms. The lowest BCUT2D eigenvalue weighted by Crippen LogP contribution is -2.47. The number of fused-ring (bicyclic) bond motifs is 2. The zero-order valence-electron chi connectivity index (χ0n) is 10.7. The summed E-state index contributed by atoms with van der Waals surface area (Å²) in [6, 6.07) is 9.42. The third kappa shape index (κ3) is 1.97. The van der Waals surface area contributed by atoms with Crippen LogP contribution in [0.25, 0.3) is 0 Å². The quantitative estimate of drug-likeness (QED) is 0.889. The van der Waals surface area contributed by atoms with E-state index in [-0.39, 0.29) is 6.61 Å². The number of hydrogen-bond acceptors (Lipinski definition) is 2. The van der Waals surface area contributed by atoms with E-state index in [0.717, 1.165) is 5.02 Å². The van der Waals surface area contributed by atoms with E-state index in [4.69, 9.17) is 11.6 Å². The van der Waals surface area contributed by atoms with Crippen molar-refractivity contribution in [3.63, 3.8) is 0 Å². The highest BCUT2D eigenvalue weighted by molar-refractivity contribution is 6.30. The predicted octanol–water partition coefficient (Wildman–Crippen LogP) is 2.90. The van der Waals surface area contributed by atoms with Crippen molar-refractivity contribution < 1.29 is 5.11 Å². The second-order valence-electron chi connectivity index (χ2n) is 5.70. The molecule has 2 heterocycles. The summed E-state index contributed by atoms with van der Waals surface area (Å²) < 4.78 is 0. The topological polar surface area (TPSA) is 23.5 Å². The van der Waals surface area contributed by atoms with Crippen molar-refractivity contribution in [2.75, 3.05) is 13.7 Å². The van der Waals surface area contributed by atoms with Crippen LogP contribution in [0.4, 0.5) is 0 Å². The Labute approximate surface area is 114 Å². The van der Waals surface area contributed by atoms with Crippen LogP contribution in [0.1, 0.15) is 30.7 Å². The SMILES string of the molecule is CN1C2CCC1[C@H](CO)[C@@H](c1ccc(Cl)cc1)C2. The van der Waals surface area contributed by atoms with Crippen molar-refractivity contribution >= 4 is 11.6 Å². The Morgan fingerprint density at radius 3 is 2.67 bits per heavy atom. The van der Waals surface area contributed by atoms with E-state index in [1.54, 1.807) is 0 Å². The summed E-state index contributed by atoms with van der Waals surface area (Å²) in [7, 11) is 2.21. The van der Waals surface area contributed by atoms with Gasteiger partial charge in [-0.2, -0.15) is 0 Å². The van der Waals surface area contributed by atoms with E-state index >= 15 is 0 Å². The molecule has 2 nitrogen and oxygen atoms in total. The molecular formula is C15H20ClNO. The summed E-state index contributed by atoms with van der Waals surface area (Å²) in [5.74, 6) is 0.857. The average Bonchev–Trinajstić information content (AvgIpc) is 2.63. The van der Waals surface area contributed by atoms with Gasteiger partial charge >= 0.3 is 0 Å². The average molecular weight is 266 g/mol. The monoisotopic (exact) mass is 265 g/mol. The Hall–Kier alpha value is -0.570. The summed E-state index contributed by atoms with van der Waals surface area (Å²) in [5, 5.41) is 10.5. The minimum atomic E-state index is 0.287. The predicted molar refractivity (Wildman–Crippen MR) is 74.0 cm³/mol. The van der Waals surface area contributed by atoms with E-state index in [1.165, 1.54) is 24.8 Å². The number of nitrogens with zero attached hydrogens (tertiary/aromatic N) is 1. The number of halogens is 1. The first-order valence-corrected chi connectivity index (χ1v) is 7.16. The lowest BCUT2D eigenvalue weighted by Gasteiger charge is -2.42. The fraction of sp³-hybridized carbons (Fsp3) is 0.600. The van der Waals surface area contributed by atoms with Crippen LogP contribution in [0.3, 0.4) is 0 Å². The number of aliphatic hydroxyl groups excluding tert-OH is 1. The molecule has 2 unspecified atom stereocenters. The Bertz CT molecular complexity index is 419. The van der Waals surface area contributed by atoms with E-state index in [0.29, 0.717) is 23.9 Å². The van der Waals surface area contributed by atoms with Crippen LogP contribution in [-0.4, -0.2) is 35.7 Å². The summed E-state index contributed by atoms with van der Waals surface area (Å²) in [4.78, 5) is 2.48. The van der Waals surface area contributed by atoms with Gasteiger partial charge < -0.3 is 10.0 Å². The summed E-state index contributed by atoms with van der Waals surface area (Å²) >= 11 is 5.96. The third-order valence-electron chi connectivity index (χ3n) is 4.94. The molecule has 4 atom stereocenters. The Balaban J connectivity index is 1.89. The van der Waals surface area contributed by atoms with Gasteiger partial charge in [0, 0.05) is 29.6 Å². The molecular weight excluding hydrogens is 246 g/mol. The highest BCUT2D eigenvalue weighted by Crippen LogP contribution is 2.45. The van der Waals surface area contributed by atoms with E-state index in [1.807, 2.05) is 12.1 Å². The number of piperidine rings is 1. The smallest absolute Gasteiger partial charge is 0.0480 e. The van der Waals surface area contributed by atoms with Crippen LogP contribution in [0.2, 0.25) is 5.02 Å². The fourth-order valence-corrected chi connectivity index (χ4v) is 4.05. The van der Waals surface area contributed by atoms with Gasteiger partial charge in [-0.25, -0.2) is 0 Å². The van der Waals surface area contributed by atoms with E-state index in [2.05, 4.69) is 24.1 Å². The van der Waals surface area contributed by atoms with Gasteiger partial charge in [-0.05, 0) is 49.9 Å². The molecule has 0 aliphatic carbocycles. The van der Waals surface area contributed by atoms with Gasteiger partial charge in [-0.15, -0.1) is 0 Å². The molecule has 0 radical (unpaired) electrons. The van der Waals surface area contributed by atoms with Gasteiger partial charge in [0.25, 0.3) is 0 Å². The maximum atomic E-state index is 9.76. The molecule has 1 aromatic rings. The zero-order valence-corrected chi connectivity index (χ0v) is 11.5. The van der Waals surface area contributed by atoms with Crippen LogP contribution < -0.4 is 0 Å².